The molecule has 2 N–H and O–H groups in total. The van der Waals surface area contributed by atoms with Crippen molar-refractivity contribution in [2.75, 3.05) is 48.0 Å². The molecule has 0 aliphatic carbocycles. The second kappa shape index (κ2) is 11.8. The molecule has 0 bridgehead atoms. The third-order valence-electron chi connectivity index (χ3n) is 7.23. The van der Waals surface area contributed by atoms with Gasteiger partial charge < -0.3 is 29.7 Å². The first-order chi connectivity index (χ1) is 18.5. The summed E-state index contributed by atoms with van der Waals surface area (Å²) in [7, 11) is 2.02. The normalized spacial score (nSPS) is 17.3. The van der Waals surface area contributed by atoms with Gasteiger partial charge in [0.05, 0.1) is 31.5 Å². The number of fused-ring (bicyclic) bond motifs is 1. The van der Waals surface area contributed by atoms with Crippen LogP contribution in [0.4, 0.5) is 22.2 Å². The predicted octanol–water partition coefficient (Wildman–Crippen LogP) is 3.98. The van der Waals surface area contributed by atoms with Crippen LogP contribution in [-0.2, 0) is 24.8 Å². The van der Waals surface area contributed by atoms with Gasteiger partial charge in [0.25, 0.3) is 0 Å². The number of nitrogens with one attached hydrogen (secondary N) is 2. The number of anilines is 3. The zero-order valence-electron chi connectivity index (χ0n) is 22.6. The molecule has 2 aliphatic heterocycles. The molecule has 5 rings (SSSR count). The highest BCUT2D eigenvalue weighted by molar-refractivity contribution is 5.89. The molecule has 1 atom stereocenters. The van der Waals surface area contributed by atoms with Crippen LogP contribution < -0.4 is 20.4 Å². The summed E-state index contributed by atoms with van der Waals surface area (Å²) in [5, 5.41) is 5.83. The monoisotopic (exact) mass is 518 g/mol. The summed E-state index contributed by atoms with van der Waals surface area (Å²) < 4.78 is 7.75. The lowest BCUT2D eigenvalue weighted by Crippen LogP contribution is -2.45. The quantitative estimate of drug-likeness (QED) is 0.435. The maximum atomic E-state index is 12.2. The molecule has 1 fully saturated rings. The molecule has 1 unspecified atom stereocenters. The lowest BCUT2D eigenvalue weighted by molar-refractivity contribution is 0.0984. The highest BCUT2D eigenvalue weighted by Gasteiger charge is 2.29. The summed E-state index contributed by atoms with van der Waals surface area (Å²) in [4.78, 5) is 31.6. The van der Waals surface area contributed by atoms with Crippen LogP contribution in [0.15, 0.2) is 36.7 Å². The van der Waals surface area contributed by atoms with Crippen LogP contribution in [0.1, 0.15) is 44.4 Å². The largest absolute Gasteiger partial charge is 0.377 e. The summed E-state index contributed by atoms with van der Waals surface area (Å²) in [6.07, 6.45) is 7.89. The van der Waals surface area contributed by atoms with E-state index in [0.717, 1.165) is 67.5 Å². The van der Waals surface area contributed by atoms with Gasteiger partial charge in [-0.05, 0) is 44.0 Å². The lowest BCUT2D eigenvalue weighted by atomic mass is 10.0. The summed E-state index contributed by atoms with van der Waals surface area (Å²) in [6.45, 7) is 8.75. The average Bonchev–Trinajstić information content (AvgIpc) is 3.36. The molecule has 0 radical (unpaired) electrons. The zero-order valence-corrected chi connectivity index (χ0v) is 22.6. The van der Waals surface area contributed by atoms with Crippen molar-refractivity contribution in [2.45, 2.75) is 52.1 Å². The molecule has 1 saturated heterocycles. The summed E-state index contributed by atoms with van der Waals surface area (Å²) in [5.41, 5.74) is 3.90. The van der Waals surface area contributed by atoms with Gasteiger partial charge in [-0.1, -0.05) is 19.8 Å². The highest BCUT2D eigenvalue weighted by atomic mass is 16.5. The number of benzene rings is 1. The van der Waals surface area contributed by atoms with E-state index in [1.165, 1.54) is 5.56 Å². The first-order valence-corrected chi connectivity index (χ1v) is 13.6. The minimum atomic E-state index is -0.183. The van der Waals surface area contributed by atoms with Gasteiger partial charge in [-0.15, -0.1) is 0 Å². The Kier molecular flexibility index (Phi) is 8.07. The summed E-state index contributed by atoms with van der Waals surface area (Å²) in [6, 6.07) is 7.81. The first-order valence-electron chi connectivity index (χ1n) is 13.6. The van der Waals surface area contributed by atoms with Crippen LogP contribution in [0, 0.1) is 0 Å². The zero-order chi connectivity index (χ0) is 26.5. The number of hydrogen-bond donors (Lipinski definition) is 2. The summed E-state index contributed by atoms with van der Waals surface area (Å²) in [5.74, 6) is 2.64. The fourth-order valence-electron chi connectivity index (χ4n) is 5.11. The SMILES string of the molecule is CCCCCNC(=O)Nc1ccc(-c2nc3c(c(N4CCOCC4C)n2)CCN(c2nccn2C)C3)cc1. The van der Waals surface area contributed by atoms with E-state index < -0.39 is 0 Å². The molecule has 0 spiro atoms. The van der Waals surface area contributed by atoms with Crippen LogP contribution in [0.5, 0.6) is 0 Å². The van der Waals surface area contributed by atoms with E-state index in [2.05, 4.69) is 39.3 Å². The average molecular weight is 519 g/mol. The highest BCUT2D eigenvalue weighted by Crippen LogP contribution is 2.32. The molecule has 1 aromatic carbocycles. The Bertz CT molecular complexity index is 1240. The van der Waals surface area contributed by atoms with Crippen LogP contribution in [0.25, 0.3) is 11.4 Å². The predicted molar refractivity (Wildman–Crippen MR) is 150 cm³/mol. The second-order valence-corrected chi connectivity index (χ2v) is 10.1. The molecule has 3 aromatic rings. The van der Waals surface area contributed by atoms with Gasteiger partial charge in [0.15, 0.2) is 5.82 Å². The van der Waals surface area contributed by atoms with Gasteiger partial charge in [-0.25, -0.2) is 19.7 Å². The van der Waals surface area contributed by atoms with Gasteiger partial charge in [-0.2, -0.15) is 0 Å². The maximum absolute atomic E-state index is 12.2. The Morgan fingerprint density at radius 1 is 1.16 bits per heavy atom. The van der Waals surface area contributed by atoms with Gasteiger partial charge in [0, 0.05) is 55.9 Å². The third kappa shape index (κ3) is 5.75. The topological polar surface area (TPSA) is 100 Å². The van der Waals surface area contributed by atoms with E-state index in [-0.39, 0.29) is 12.1 Å². The van der Waals surface area contributed by atoms with Gasteiger partial charge >= 0.3 is 6.03 Å². The van der Waals surface area contributed by atoms with Crippen LogP contribution in [-0.4, -0.2) is 64.4 Å². The molecule has 38 heavy (non-hydrogen) atoms. The van der Waals surface area contributed by atoms with Crippen molar-refractivity contribution < 1.29 is 9.53 Å². The van der Waals surface area contributed by atoms with Crippen molar-refractivity contribution in [3.63, 3.8) is 0 Å². The number of carbonyl (C=O) groups excluding carboxylic acids is 1. The Morgan fingerprint density at radius 3 is 2.74 bits per heavy atom. The van der Waals surface area contributed by atoms with Crippen molar-refractivity contribution in [3.05, 3.63) is 47.9 Å². The molecule has 0 saturated carbocycles. The Morgan fingerprint density at radius 2 is 2.00 bits per heavy atom. The number of hydrogen-bond acceptors (Lipinski definition) is 7. The van der Waals surface area contributed by atoms with Crippen LogP contribution >= 0.6 is 0 Å². The number of rotatable bonds is 8. The number of aromatic nitrogens is 4. The minimum absolute atomic E-state index is 0.183. The van der Waals surface area contributed by atoms with Crippen LogP contribution in [0.3, 0.4) is 0 Å². The smallest absolute Gasteiger partial charge is 0.319 e. The van der Waals surface area contributed by atoms with Crippen LogP contribution in [0.2, 0.25) is 0 Å². The second-order valence-electron chi connectivity index (χ2n) is 10.1. The molecule has 202 valence electrons. The molecule has 10 nitrogen and oxygen atoms in total. The number of unbranched alkanes of at least 4 members (excludes halogenated alkanes) is 2. The van der Waals surface area contributed by atoms with Crippen molar-refractivity contribution in [2.24, 2.45) is 7.05 Å². The molecule has 2 amide bonds. The van der Waals surface area contributed by atoms with Gasteiger partial charge in [0.1, 0.15) is 5.82 Å². The van der Waals surface area contributed by atoms with Crippen molar-refractivity contribution in [1.82, 2.24) is 24.8 Å². The van der Waals surface area contributed by atoms with E-state index >= 15 is 0 Å². The fraction of sp³-hybridized carbons (Fsp3) is 0.500. The molecule has 2 aromatic heterocycles. The van der Waals surface area contributed by atoms with Crippen molar-refractivity contribution in [1.29, 1.82) is 0 Å². The summed E-state index contributed by atoms with van der Waals surface area (Å²) >= 11 is 0. The number of ether oxygens (including phenoxy) is 1. The Hall–Kier alpha value is -3.66. The Labute approximate surface area is 224 Å². The van der Waals surface area contributed by atoms with E-state index in [0.29, 0.717) is 32.1 Å². The minimum Gasteiger partial charge on any atom is -0.377 e. The number of aryl methyl sites for hydroxylation is 1. The van der Waals surface area contributed by atoms with Gasteiger partial charge in [0.2, 0.25) is 5.95 Å². The Balaban J connectivity index is 1.40. The molecule has 2 aliphatic rings. The van der Waals surface area contributed by atoms with Crippen molar-refractivity contribution >= 4 is 23.5 Å². The molecular formula is C28H38N8O2. The number of nitrogens with zero attached hydrogens (tertiary/aromatic N) is 6. The standard InChI is InChI=1S/C28H38N8O2/c1-4-5-6-12-29-27(37)31-22-9-7-21(8-10-22)25-32-24-18-35(28-30-13-15-34(28)3)14-11-23(24)26(33-25)36-16-17-38-19-20(36)2/h7-10,13,15,20H,4-6,11-12,14,16-19H2,1-3H3,(H2,29,31,37). The van der Waals surface area contributed by atoms with Gasteiger partial charge in [-0.3, -0.25) is 0 Å². The maximum Gasteiger partial charge on any atom is 0.319 e. The van der Waals surface area contributed by atoms with Crippen molar-refractivity contribution in [3.8, 4) is 11.4 Å². The lowest BCUT2D eigenvalue weighted by Gasteiger charge is -2.38. The number of amides is 2. The number of imidazole rings is 1. The van der Waals surface area contributed by atoms with E-state index in [4.69, 9.17) is 14.7 Å². The fourth-order valence-corrected chi connectivity index (χ4v) is 5.11. The number of urea groups is 1. The van der Waals surface area contributed by atoms with E-state index in [1.54, 1.807) is 0 Å². The first kappa shape index (κ1) is 26.0. The van der Waals surface area contributed by atoms with E-state index in [1.807, 2.05) is 48.3 Å². The molecule has 4 heterocycles. The third-order valence-corrected chi connectivity index (χ3v) is 7.23. The van der Waals surface area contributed by atoms with E-state index in [9.17, 15) is 4.79 Å². The molecule has 10 heteroatoms. The number of carbonyl (C=O) groups is 1. The molecular weight excluding hydrogens is 480 g/mol. The number of morpholine rings is 1.